The Hall–Kier alpha value is -0.0900. The van der Waals surface area contributed by atoms with Gasteiger partial charge in [-0.15, -0.1) is 0 Å². The second kappa shape index (κ2) is 2.46. The van der Waals surface area contributed by atoms with Crippen molar-refractivity contribution in [1.29, 1.82) is 0 Å². The minimum Gasteiger partial charge on any atom is -0.229 e. The molecule has 0 unspecified atom stereocenters. The number of hydrogen-bond acceptors (Lipinski definition) is 2. The third-order valence-corrected chi connectivity index (χ3v) is 1.70. The van der Waals surface area contributed by atoms with Crippen LogP contribution in [0.2, 0.25) is 0 Å². The van der Waals surface area contributed by atoms with Crippen LogP contribution >= 0.6 is 0 Å². The lowest BCUT2D eigenvalue weighted by Crippen LogP contribution is -2.19. The number of hydrogen-bond donors (Lipinski definition) is 1. The van der Waals surface area contributed by atoms with Gasteiger partial charge in [0.1, 0.15) is 0 Å². The average molecular weight is 137 g/mol. The summed E-state index contributed by atoms with van der Waals surface area (Å²) >= 11 is 0. The first-order valence-corrected chi connectivity index (χ1v) is 4.14. The molecule has 0 aliphatic carbocycles. The summed E-state index contributed by atoms with van der Waals surface area (Å²) in [6.45, 7) is 3.62. The SMILES string of the molecule is CC(C)CS(N)(=O)=O. The van der Waals surface area contributed by atoms with Crippen LogP contribution in [-0.4, -0.2) is 14.2 Å². The number of rotatable bonds is 2. The highest BCUT2D eigenvalue weighted by atomic mass is 32.2. The largest absolute Gasteiger partial charge is 0.229 e. The van der Waals surface area contributed by atoms with E-state index in [9.17, 15) is 8.42 Å². The van der Waals surface area contributed by atoms with Crippen molar-refractivity contribution in [2.75, 3.05) is 5.75 Å². The smallest absolute Gasteiger partial charge is 0.209 e. The van der Waals surface area contributed by atoms with Gasteiger partial charge < -0.3 is 0 Å². The molecule has 0 fully saturated rings. The van der Waals surface area contributed by atoms with E-state index in [-0.39, 0.29) is 11.7 Å². The normalized spacial score (nSPS) is 12.5. The molecule has 0 bridgehead atoms. The Kier molecular flexibility index (Phi) is 2.43. The third-order valence-electron chi connectivity index (χ3n) is 0.566. The van der Waals surface area contributed by atoms with Crippen LogP contribution in [0.5, 0.6) is 0 Å². The van der Waals surface area contributed by atoms with Crippen LogP contribution < -0.4 is 5.14 Å². The van der Waals surface area contributed by atoms with Gasteiger partial charge in [0.05, 0.1) is 5.75 Å². The van der Waals surface area contributed by atoms with Gasteiger partial charge in [0.25, 0.3) is 0 Å². The van der Waals surface area contributed by atoms with E-state index in [2.05, 4.69) is 0 Å². The Bertz CT molecular complexity index is 147. The molecule has 3 nitrogen and oxygen atoms in total. The summed E-state index contributed by atoms with van der Waals surface area (Å²) in [6.07, 6.45) is 0. The van der Waals surface area contributed by atoms with Gasteiger partial charge in [-0.25, -0.2) is 13.6 Å². The summed E-state index contributed by atoms with van der Waals surface area (Å²) < 4.78 is 20.4. The van der Waals surface area contributed by atoms with Crippen LogP contribution in [-0.2, 0) is 10.0 Å². The van der Waals surface area contributed by atoms with Crippen LogP contribution in [0, 0.1) is 5.92 Å². The zero-order valence-corrected chi connectivity index (χ0v) is 5.90. The standard InChI is InChI=1S/C4H11NO2S/c1-4(2)3-8(5,6)7/h4H,3H2,1-2H3,(H2,5,6,7). The van der Waals surface area contributed by atoms with Crippen molar-refractivity contribution in [2.24, 2.45) is 11.1 Å². The Morgan fingerprint density at radius 3 is 1.88 bits per heavy atom. The van der Waals surface area contributed by atoms with Crippen LogP contribution in [0.4, 0.5) is 0 Å². The van der Waals surface area contributed by atoms with Gasteiger partial charge in [-0.3, -0.25) is 0 Å². The lowest BCUT2D eigenvalue weighted by Gasteiger charge is -1.98. The molecule has 0 aliphatic heterocycles. The van der Waals surface area contributed by atoms with Crippen LogP contribution in [0.15, 0.2) is 0 Å². The summed E-state index contributed by atoms with van der Waals surface area (Å²) in [6, 6.07) is 0. The molecule has 0 radical (unpaired) electrons. The topological polar surface area (TPSA) is 60.2 Å². The summed E-state index contributed by atoms with van der Waals surface area (Å²) in [5.41, 5.74) is 0. The van der Waals surface area contributed by atoms with Gasteiger partial charge in [-0.1, -0.05) is 13.8 Å². The lowest BCUT2D eigenvalue weighted by atomic mass is 10.3. The molecule has 0 aromatic heterocycles. The predicted molar refractivity (Wildman–Crippen MR) is 32.8 cm³/mol. The molecule has 0 aromatic carbocycles. The molecule has 0 saturated carbocycles. The summed E-state index contributed by atoms with van der Waals surface area (Å²) in [5, 5.41) is 4.71. The molecule has 0 aromatic rings. The molecule has 0 aliphatic rings. The first-order valence-electron chi connectivity index (χ1n) is 2.42. The zero-order chi connectivity index (χ0) is 6.78. The fraction of sp³-hybridized carbons (Fsp3) is 1.00. The number of nitrogens with two attached hydrogens (primary N) is 1. The first kappa shape index (κ1) is 7.91. The van der Waals surface area contributed by atoms with E-state index in [1.165, 1.54) is 0 Å². The quantitative estimate of drug-likeness (QED) is 0.579. The van der Waals surface area contributed by atoms with E-state index >= 15 is 0 Å². The molecule has 0 atom stereocenters. The van der Waals surface area contributed by atoms with Crippen LogP contribution in [0.1, 0.15) is 13.8 Å². The molecule has 4 heteroatoms. The second-order valence-corrected chi connectivity index (χ2v) is 3.88. The van der Waals surface area contributed by atoms with Crippen molar-refractivity contribution in [3.8, 4) is 0 Å². The van der Waals surface area contributed by atoms with E-state index in [0.717, 1.165) is 0 Å². The third kappa shape index (κ3) is 5.91. The van der Waals surface area contributed by atoms with E-state index in [1.807, 2.05) is 13.8 Å². The lowest BCUT2D eigenvalue weighted by molar-refractivity contribution is 0.584. The van der Waals surface area contributed by atoms with Crippen molar-refractivity contribution in [3.63, 3.8) is 0 Å². The Balaban J connectivity index is 3.75. The maximum Gasteiger partial charge on any atom is 0.209 e. The molecular formula is C4H11NO2S. The summed E-state index contributed by atoms with van der Waals surface area (Å²) in [4.78, 5) is 0. The Labute approximate surface area is 49.9 Å². The predicted octanol–water partition coefficient (Wildman–Crippen LogP) is -0.0691. The first-order chi connectivity index (χ1) is 3.42. The maximum absolute atomic E-state index is 10.2. The molecule has 0 saturated heterocycles. The van der Waals surface area contributed by atoms with Gasteiger partial charge in [0, 0.05) is 0 Å². The minimum atomic E-state index is -3.22. The molecule has 0 amide bonds. The highest BCUT2D eigenvalue weighted by Gasteiger charge is 2.04. The van der Waals surface area contributed by atoms with Gasteiger partial charge in [0.2, 0.25) is 10.0 Å². The molecule has 2 N–H and O–H groups in total. The van der Waals surface area contributed by atoms with Gasteiger partial charge in [-0.05, 0) is 5.92 Å². The fourth-order valence-electron chi connectivity index (χ4n) is 0.465. The van der Waals surface area contributed by atoms with Crippen molar-refractivity contribution in [1.82, 2.24) is 0 Å². The van der Waals surface area contributed by atoms with E-state index in [1.54, 1.807) is 0 Å². The maximum atomic E-state index is 10.2. The Morgan fingerprint density at radius 2 is 1.88 bits per heavy atom. The van der Waals surface area contributed by atoms with Crippen LogP contribution in [0.25, 0.3) is 0 Å². The van der Waals surface area contributed by atoms with E-state index in [4.69, 9.17) is 5.14 Å². The van der Waals surface area contributed by atoms with Gasteiger partial charge in [0.15, 0.2) is 0 Å². The number of primary sulfonamides is 1. The molecule has 0 spiro atoms. The molecule has 8 heavy (non-hydrogen) atoms. The van der Waals surface area contributed by atoms with Crippen LogP contribution in [0.3, 0.4) is 0 Å². The van der Waals surface area contributed by atoms with Crippen molar-refractivity contribution in [3.05, 3.63) is 0 Å². The molecular weight excluding hydrogens is 126 g/mol. The van der Waals surface area contributed by atoms with Crippen molar-refractivity contribution in [2.45, 2.75) is 13.8 Å². The molecule has 0 rings (SSSR count). The Morgan fingerprint density at radius 1 is 1.50 bits per heavy atom. The summed E-state index contributed by atoms with van der Waals surface area (Å²) in [5.74, 6) is 0.206. The summed E-state index contributed by atoms with van der Waals surface area (Å²) in [7, 11) is -3.22. The highest BCUT2D eigenvalue weighted by Crippen LogP contribution is 1.93. The number of sulfonamides is 1. The van der Waals surface area contributed by atoms with Crippen molar-refractivity contribution >= 4 is 10.0 Å². The average Bonchev–Trinajstić information content (AvgIpc) is 1.21. The van der Waals surface area contributed by atoms with E-state index in [0.29, 0.717) is 0 Å². The molecule has 0 heterocycles. The highest BCUT2D eigenvalue weighted by molar-refractivity contribution is 7.89. The van der Waals surface area contributed by atoms with Gasteiger partial charge in [-0.2, -0.15) is 0 Å². The fourth-order valence-corrected chi connectivity index (χ4v) is 1.39. The van der Waals surface area contributed by atoms with Gasteiger partial charge >= 0.3 is 0 Å². The minimum absolute atomic E-state index is 0.0764. The van der Waals surface area contributed by atoms with Crippen molar-refractivity contribution < 1.29 is 8.42 Å². The monoisotopic (exact) mass is 137 g/mol. The molecule has 50 valence electrons. The second-order valence-electron chi connectivity index (χ2n) is 2.22. The van der Waals surface area contributed by atoms with E-state index < -0.39 is 10.0 Å². The zero-order valence-electron chi connectivity index (χ0n) is 5.09.